The van der Waals surface area contributed by atoms with E-state index in [0.717, 1.165) is 17.4 Å². The molecule has 2 N–H and O–H groups in total. The van der Waals surface area contributed by atoms with Crippen LogP contribution in [0.2, 0.25) is 0 Å². The first-order valence-corrected chi connectivity index (χ1v) is 10.7. The molecule has 0 saturated carbocycles. The number of nitrogens with one attached hydrogen (secondary N) is 1. The van der Waals surface area contributed by atoms with Gasteiger partial charge in [0.2, 0.25) is 0 Å². The molecule has 0 aliphatic heterocycles. The van der Waals surface area contributed by atoms with Gasteiger partial charge in [0, 0.05) is 23.1 Å². The molecular weight excluding hydrogens is 404 g/mol. The van der Waals surface area contributed by atoms with E-state index in [9.17, 15) is 19.5 Å². The van der Waals surface area contributed by atoms with Gasteiger partial charge in [-0.05, 0) is 34.4 Å². The molecule has 168 valence electrons. The van der Waals surface area contributed by atoms with Crippen molar-refractivity contribution in [3.05, 3.63) is 70.1 Å². The van der Waals surface area contributed by atoms with Gasteiger partial charge in [-0.2, -0.15) is 0 Å². The number of aldehydes is 1. The lowest BCUT2D eigenvalue weighted by molar-refractivity contribution is 0.112. The van der Waals surface area contributed by atoms with Crippen LogP contribution in [0.3, 0.4) is 0 Å². The number of hydrogen-bond acceptors (Lipinski definition) is 3. The molecule has 1 heterocycles. The van der Waals surface area contributed by atoms with Crippen LogP contribution in [0, 0.1) is 11.3 Å². The van der Waals surface area contributed by atoms with Gasteiger partial charge in [-0.25, -0.2) is 4.79 Å². The van der Waals surface area contributed by atoms with Crippen LogP contribution in [-0.4, -0.2) is 22.1 Å². The van der Waals surface area contributed by atoms with Crippen molar-refractivity contribution in [2.75, 3.05) is 0 Å². The van der Waals surface area contributed by atoms with Gasteiger partial charge in [-0.15, -0.1) is 0 Å². The molecule has 1 amide bonds. The maximum absolute atomic E-state index is 13.7. The van der Waals surface area contributed by atoms with E-state index in [4.69, 9.17) is 0 Å². The Balaban J connectivity index is 2.60. The highest BCUT2D eigenvalue weighted by Crippen LogP contribution is 2.41. The average molecular weight is 435 g/mol. The van der Waals surface area contributed by atoms with E-state index >= 15 is 0 Å². The Hall–Kier alpha value is -3.41. The van der Waals surface area contributed by atoms with E-state index in [-0.39, 0.29) is 11.5 Å². The quantitative estimate of drug-likeness (QED) is 0.502. The highest BCUT2D eigenvalue weighted by Gasteiger charge is 2.34. The summed E-state index contributed by atoms with van der Waals surface area (Å²) in [7, 11) is 0. The Morgan fingerprint density at radius 1 is 1.09 bits per heavy atom. The first kappa shape index (κ1) is 23.3. The Kier molecular flexibility index (Phi) is 6.53. The number of benzene rings is 2. The van der Waals surface area contributed by atoms with Gasteiger partial charge >= 0.3 is 6.09 Å². The van der Waals surface area contributed by atoms with Crippen LogP contribution in [0.15, 0.2) is 53.3 Å². The van der Waals surface area contributed by atoms with Crippen molar-refractivity contribution in [3.8, 4) is 11.1 Å². The van der Waals surface area contributed by atoms with Crippen LogP contribution < -0.4 is 10.9 Å². The Morgan fingerprint density at radius 3 is 2.28 bits per heavy atom. The number of amides is 1. The Morgan fingerprint density at radius 2 is 1.75 bits per heavy atom. The van der Waals surface area contributed by atoms with Crippen LogP contribution in [0.1, 0.15) is 56.7 Å². The number of aromatic nitrogens is 1. The second-order valence-corrected chi connectivity index (χ2v) is 9.61. The van der Waals surface area contributed by atoms with Gasteiger partial charge in [0.25, 0.3) is 5.56 Å². The number of carboxylic acid groups (broad SMARTS) is 1. The number of nitrogens with zero attached hydrogens (tertiary/aromatic N) is 1. The topological polar surface area (TPSA) is 88.4 Å². The third kappa shape index (κ3) is 4.59. The number of rotatable bonds is 6. The zero-order valence-corrected chi connectivity index (χ0v) is 19.2. The number of fused-ring (bicyclic) bond motifs is 1. The minimum absolute atomic E-state index is 0.159. The predicted molar refractivity (Wildman–Crippen MR) is 127 cm³/mol. The van der Waals surface area contributed by atoms with E-state index in [1.807, 2.05) is 65.0 Å². The Bertz CT molecular complexity index is 1200. The normalized spacial score (nSPS) is 12.7. The summed E-state index contributed by atoms with van der Waals surface area (Å²) in [5, 5.41) is 13.5. The van der Waals surface area contributed by atoms with Crippen LogP contribution in [0.4, 0.5) is 4.79 Å². The van der Waals surface area contributed by atoms with Crippen LogP contribution in [0.5, 0.6) is 0 Å². The van der Waals surface area contributed by atoms with Gasteiger partial charge in [-0.3, -0.25) is 9.59 Å². The zero-order chi connectivity index (χ0) is 23.6. The molecule has 0 radical (unpaired) electrons. The van der Waals surface area contributed by atoms with Crippen molar-refractivity contribution in [2.45, 2.75) is 47.2 Å². The van der Waals surface area contributed by atoms with E-state index in [1.54, 1.807) is 22.8 Å². The van der Waals surface area contributed by atoms with Gasteiger partial charge in [0.15, 0.2) is 0 Å². The van der Waals surface area contributed by atoms with Crippen molar-refractivity contribution >= 4 is 23.2 Å². The van der Waals surface area contributed by atoms with Crippen molar-refractivity contribution in [3.63, 3.8) is 0 Å². The predicted octanol–water partition coefficient (Wildman–Crippen LogP) is 5.49. The van der Waals surface area contributed by atoms with E-state index in [1.165, 1.54) is 0 Å². The summed E-state index contributed by atoms with van der Waals surface area (Å²) in [5.74, 6) is 0.159. The number of hydrogen-bond donors (Lipinski definition) is 2. The standard InChI is InChI=1S/C26H30N2O4/c1-16(2)14-28-22(23(26(3,4)5)27-25(31)32)21(18-9-7-6-8-10-18)20-13-17(15-29)11-12-19(20)24(28)30/h6-13,15-16,23,27H,14H2,1-5H3,(H,31,32). The maximum atomic E-state index is 13.7. The second kappa shape index (κ2) is 8.99. The first-order valence-electron chi connectivity index (χ1n) is 10.7. The summed E-state index contributed by atoms with van der Waals surface area (Å²) in [5.41, 5.74) is 1.97. The molecular formula is C26H30N2O4. The molecule has 0 fully saturated rings. The molecule has 0 saturated heterocycles. The lowest BCUT2D eigenvalue weighted by Gasteiger charge is -2.35. The molecule has 6 nitrogen and oxygen atoms in total. The monoisotopic (exact) mass is 434 g/mol. The second-order valence-electron chi connectivity index (χ2n) is 9.61. The molecule has 1 unspecified atom stereocenters. The highest BCUT2D eigenvalue weighted by atomic mass is 16.4. The molecule has 32 heavy (non-hydrogen) atoms. The fraction of sp³-hybridized carbons (Fsp3) is 0.346. The summed E-state index contributed by atoms with van der Waals surface area (Å²) in [6.07, 6.45) is -0.404. The molecule has 2 aromatic carbocycles. The van der Waals surface area contributed by atoms with Crippen molar-refractivity contribution in [2.24, 2.45) is 11.3 Å². The summed E-state index contributed by atoms with van der Waals surface area (Å²) in [6, 6.07) is 14.0. The van der Waals surface area contributed by atoms with E-state index in [0.29, 0.717) is 28.6 Å². The smallest absolute Gasteiger partial charge is 0.405 e. The van der Waals surface area contributed by atoms with Crippen molar-refractivity contribution in [1.29, 1.82) is 0 Å². The number of pyridine rings is 1. The summed E-state index contributed by atoms with van der Waals surface area (Å²) >= 11 is 0. The third-order valence-corrected chi connectivity index (χ3v) is 5.49. The molecule has 0 bridgehead atoms. The lowest BCUT2D eigenvalue weighted by atomic mass is 9.80. The molecule has 0 aliphatic rings. The largest absolute Gasteiger partial charge is 0.465 e. The third-order valence-electron chi connectivity index (χ3n) is 5.49. The van der Waals surface area contributed by atoms with Gasteiger partial charge in [0.1, 0.15) is 6.29 Å². The van der Waals surface area contributed by atoms with Crippen molar-refractivity contribution < 1.29 is 14.7 Å². The molecule has 1 aromatic heterocycles. The summed E-state index contributed by atoms with van der Waals surface area (Å²) in [4.78, 5) is 37.0. The van der Waals surface area contributed by atoms with Gasteiger partial charge < -0.3 is 15.0 Å². The molecule has 3 aromatic rings. The molecule has 6 heteroatoms. The molecule has 0 spiro atoms. The fourth-order valence-corrected chi connectivity index (χ4v) is 4.13. The van der Waals surface area contributed by atoms with Gasteiger partial charge in [0.05, 0.1) is 11.7 Å². The van der Waals surface area contributed by atoms with Gasteiger partial charge in [-0.1, -0.05) is 71.0 Å². The van der Waals surface area contributed by atoms with Crippen LogP contribution in [0.25, 0.3) is 21.9 Å². The van der Waals surface area contributed by atoms with Crippen LogP contribution in [-0.2, 0) is 6.54 Å². The first-order chi connectivity index (χ1) is 15.0. The maximum Gasteiger partial charge on any atom is 0.405 e. The van der Waals surface area contributed by atoms with Crippen molar-refractivity contribution in [1.82, 2.24) is 9.88 Å². The van der Waals surface area contributed by atoms with E-state index in [2.05, 4.69) is 5.32 Å². The molecule has 0 aliphatic carbocycles. The minimum Gasteiger partial charge on any atom is -0.465 e. The summed E-state index contributed by atoms with van der Waals surface area (Å²) < 4.78 is 1.71. The number of carbonyl (C=O) groups is 2. The van der Waals surface area contributed by atoms with Crippen LogP contribution >= 0.6 is 0 Å². The zero-order valence-electron chi connectivity index (χ0n) is 19.2. The molecule has 3 rings (SSSR count). The minimum atomic E-state index is -1.16. The van der Waals surface area contributed by atoms with E-state index < -0.39 is 17.6 Å². The summed E-state index contributed by atoms with van der Waals surface area (Å²) in [6.45, 7) is 10.3. The number of carbonyl (C=O) groups excluding carboxylic acids is 1. The Labute approximate surface area is 187 Å². The average Bonchev–Trinajstić information content (AvgIpc) is 2.73. The molecule has 1 atom stereocenters. The SMILES string of the molecule is CC(C)Cn1c(C(NC(=O)O)C(C)(C)C)c(-c2ccccc2)c2cc(C=O)ccc2c1=O. The highest BCUT2D eigenvalue weighted by molar-refractivity contribution is 6.00. The fourth-order valence-electron chi connectivity index (χ4n) is 4.13. The lowest BCUT2D eigenvalue weighted by Crippen LogP contribution is -2.40.